The van der Waals surface area contributed by atoms with Gasteiger partial charge in [0.25, 0.3) is 0 Å². The van der Waals surface area contributed by atoms with Gasteiger partial charge in [-0.05, 0) is 24.3 Å². The third-order valence-electron chi connectivity index (χ3n) is 3.74. The fourth-order valence-corrected chi connectivity index (χ4v) is 3.34. The van der Waals surface area contributed by atoms with E-state index in [1.807, 2.05) is 0 Å². The van der Waals surface area contributed by atoms with Gasteiger partial charge in [0.1, 0.15) is 5.75 Å². The Hall–Kier alpha value is -2.98. The van der Waals surface area contributed by atoms with Gasteiger partial charge < -0.3 is 24.3 Å². The van der Waals surface area contributed by atoms with Crippen LogP contribution in [0.15, 0.2) is 41.3 Å². The quantitative estimate of drug-likeness (QED) is 0.646. The number of hydrogen-bond donors (Lipinski definition) is 2. The van der Waals surface area contributed by atoms with E-state index in [2.05, 4.69) is 10.0 Å². The molecule has 2 aromatic rings. The Bertz CT molecular complexity index is 902. The van der Waals surface area contributed by atoms with Gasteiger partial charge in [0.15, 0.2) is 11.5 Å². The zero-order valence-corrected chi connectivity index (χ0v) is 16.8. The van der Waals surface area contributed by atoms with Gasteiger partial charge >= 0.3 is 0 Å². The summed E-state index contributed by atoms with van der Waals surface area (Å²) in [6, 6.07) is 8.89. The molecule has 2 aromatic carbocycles. The lowest BCUT2D eigenvalue weighted by atomic mass is 10.2. The van der Waals surface area contributed by atoms with Gasteiger partial charge in [-0.25, -0.2) is 13.1 Å². The topological polar surface area (TPSA) is 112 Å². The number of carbonyl (C=O) groups is 1. The van der Waals surface area contributed by atoms with E-state index in [0.717, 1.165) is 0 Å². The summed E-state index contributed by atoms with van der Waals surface area (Å²) in [6.07, 6.45) is 0. The largest absolute Gasteiger partial charge is 0.497 e. The molecule has 152 valence electrons. The lowest BCUT2D eigenvalue weighted by Crippen LogP contribution is -2.32. The number of sulfonamides is 1. The van der Waals surface area contributed by atoms with Crippen molar-refractivity contribution in [1.29, 1.82) is 0 Å². The highest BCUT2D eigenvalue weighted by Gasteiger charge is 2.17. The predicted molar refractivity (Wildman–Crippen MR) is 103 cm³/mol. The van der Waals surface area contributed by atoms with E-state index in [-0.39, 0.29) is 4.90 Å². The summed E-state index contributed by atoms with van der Waals surface area (Å²) in [7, 11) is 2.00. The molecule has 0 aliphatic carbocycles. The van der Waals surface area contributed by atoms with Crippen molar-refractivity contribution in [1.82, 2.24) is 4.72 Å². The second-order valence-electron chi connectivity index (χ2n) is 5.46. The van der Waals surface area contributed by atoms with Crippen LogP contribution < -0.4 is 29.0 Å². The summed E-state index contributed by atoms with van der Waals surface area (Å²) in [5, 5.41) is 2.58. The van der Waals surface area contributed by atoms with Crippen molar-refractivity contribution in [3.05, 3.63) is 36.4 Å². The van der Waals surface area contributed by atoms with Crippen LogP contribution in [-0.4, -0.2) is 49.3 Å². The van der Waals surface area contributed by atoms with Crippen molar-refractivity contribution < 1.29 is 32.2 Å². The van der Waals surface area contributed by atoms with Crippen LogP contribution in [0.25, 0.3) is 0 Å². The first-order valence-corrected chi connectivity index (χ1v) is 9.56. The van der Waals surface area contributed by atoms with Crippen LogP contribution in [0.1, 0.15) is 0 Å². The summed E-state index contributed by atoms with van der Waals surface area (Å²) in [6.45, 7) is -0.453. The van der Waals surface area contributed by atoms with E-state index in [4.69, 9.17) is 18.9 Å². The van der Waals surface area contributed by atoms with Crippen molar-refractivity contribution in [2.75, 3.05) is 40.3 Å². The average Bonchev–Trinajstić information content (AvgIpc) is 2.71. The molecule has 0 fully saturated rings. The highest BCUT2D eigenvalue weighted by molar-refractivity contribution is 7.89. The molecule has 0 aliphatic rings. The van der Waals surface area contributed by atoms with Gasteiger partial charge in [-0.15, -0.1) is 0 Å². The molecular weight excluding hydrogens is 388 g/mol. The first-order valence-electron chi connectivity index (χ1n) is 8.08. The molecule has 9 nitrogen and oxygen atoms in total. The van der Waals surface area contributed by atoms with E-state index in [1.54, 1.807) is 0 Å². The normalized spacial score (nSPS) is 10.9. The molecule has 0 bridgehead atoms. The highest BCUT2D eigenvalue weighted by atomic mass is 32.2. The molecule has 0 atom stereocenters. The summed E-state index contributed by atoms with van der Waals surface area (Å²) >= 11 is 0. The maximum atomic E-state index is 12.3. The minimum atomic E-state index is -3.84. The SMILES string of the molecule is COc1ccc(S(=O)(=O)NCC(=O)Nc2cc(OC)c(OC)c(OC)c2)cc1. The van der Waals surface area contributed by atoms with Crippen LogP contribution in [0, 0.1) is 0 Å². The van der Waals surface area contributed by atoms with E-state index in [9.17, 15) is 13.2 Å². The standard InChI is InChI=1S/C18H22N2O7S/c1-24-13-5-7-14(8-6-13)28(22,23)19-11-17(21)20-12-9-15(25-2)18(27-4)16(10-12)26-3/h5-10,19H,11H2,1-4H3,(H,20,21). The summed E-state index contributed by atoms with van der Waals surface area (Å²) < 4.78 is 47.4. The molecular formula is C18H22N2O7S. The molecule has 2 N–H and O–H groups in total. The third kappa shape index (κ3) is 5.05. The molecule has 0 saturated heterocycles. The van der Waals surface area contributed by atoms with E-state index in [1.165, 1.54) is 64.8 Å². The Kier molecular flexibility index (Phi) is 7.07. The number of rotatable bonds is 9. The Morgan fingerprint density at radius 1 is 0.893 bits per heavy atom. The molecule has 2 rings (SSSR count). The van der Waals surface area contributed by atoms with Crippen molar-refractivity contribution in [2.45, 2.75) is 4.90 Å². The number of methoxy groups -OCH3 is 4. The Morgan fingerprint density at radius 2 is 1.46 bits per heavy atom. The number of amides is 1. The average molecular weight is 410 g/mol. The fourth-order valence-electron chi connectivity index (χ4n) is 2.36. The molecule has 0 saturated carbocycles. The lowest BCUT2D eigenvalue weighted by molar-refractivity contribution is -0.115. The first kappa shape index (κ1) is 21.3. The van der Waals surface area contributed by atoms with Gasteiger partial charge in [-0.1, -0.05) is 0 Å². The summed E-state index contributed by atoms with van der Waals surface area (Å²) in [4.78, 5) is 12.2. The zero-order valence-electron chi connectivity index (χ0n) is 15.9. The van der Waals surface area contributed by atoms with Gasteiger partial charge in [0, 0.05) is 17.8 Å². The third-order valence-corrected chi connectivity index (χ3v) is 5.16. The highest BCUT2D eigenvalue weighted by Crippen LogP contribution is 2.39. The van der Waals surface area contributed by atoms with E-state index in [0.29, 0.717) is 28.7 Å². The second kappa shape index (κ2) is 9.29. The van der Waals surface area contributed by atoms with Crippen LogP contribution in [0.5, 0.6) is 23.0 Å². The summed E-state index contributed by atoms with van der Waals surface area (Å²) in [5.74, 6) is 1.06. The van der Waals surface area contributed by atoms with Crippen molar-refractivity contribution >= 4 is 21.6 Å². The molecule has 0 heterocycles. The van der Waals surface area contributed by atoms with Crippen LogP contribution in [0.3, 0.4) is 0 Å². The van der Waals surface area contributed by atoms with Crippen molar-refractivity contribution in [2.24, 2.45) is 0 Å². The molecule has 0 radical (unpaired) electrons. The number of ether oxygens (including phenoxy) is 4. The van der Waals surface area contributed by atoms with E-state index >= 15 is 0 Å². The monoisotopic (exact) mass is 410 g/mol. The molecule has 28 heavy (non-hydrogen) atoms. The van der Waals surface area contributed by atoms with Gasteiger partial charge in [0.2, 0.25) is 21.7 Å². The second-order valence-corrected chi connectivity index (χ2v) is 7.23. The number of carbonyl (C=O) groups excluding carboxylic acids is 1. The molecule has 1 amide bonds. The van der Waals surface area contributed by atoms with Crippen molar-refractivity contribution in [3.63, 3.8) is 0 Å². The lowest BCUT2D eigenvalue weighted by Gasteiger charge is -2.14. The Labute approximate surface area is 163 Å². The van der Waals surface area contributed by atoms with Gasteiger partial charge in [-0.2, -0.15) is 0 Å². The number of nitrogens with one attached hydrogen (secondary N) is 2. The van der Waals surface area contributed by atoms with Gasteiger partial charge in [-0.3, -0.25) is 4.79 Å². The Balaban J connectivity index is 2.07. The molecule has 0 aromatic heterocycles. The fraction of sp³-hybridized carbons (Fsp3) is 0.278. The molecule has 0 spiro atoms. The number of benzene rings is 2. The van der Waals surface area contributed by atoms with Gasteiger partial charge in [0.05, 0.1) is 39.9 Å². The number of hydrogen-bond acceptors (Lipinski definition) is 7. The maximum absolute atomic E-state index is 12.3. The predicted octanol–water partition coefficient (Wildman–Crippen LogP) is 1.64. The zero-order chi connectivity index (χ0) is 20.7. The molecule has 10 heteroatoms. The summed E-state index contributed by atoms with van der Waals surface area (Å²) in [5.41, 5.74) is 0.364. The first-order chi connectivity index (χ1) is 13.3. The van der Waals surface area contributed by atoms with Crippen LogP contribution in [0.2, 0.25) is 0 Å². The van der Waals surface area contributed by atoms with E-state index < -0.39 is 22.5 Å². The minimum Gasteiger partial charge on any atom is -0.497 e. The molecule has 0 unspecified atom stereocenters. The van der Waals surface area contributed by atoms with Crippen LogP contribution in [0.4, 0.5) is 5.69 Å². The minimum absolute atomic E-state index is 0.0221. The smallest absolute Gasteiger partial charge is 0.241 e. The van der Waals surface area contributed by atoms with Crippen molar-refractivity contribution in [3.8, 4) is 23.0 Å². The number of anilines is 1. The maximum Gasteiger partial charge on any atom is 0.241 e. The van der Waals surface area contributed by atoms with Crippen LogP contribution in [-0.2, 0) is 14.8 Å². The Morgan fingerprint density at radius 3 is 1.93 bits per heavy atom. The van der Waals surface area contributed by atoms with Crippen LogP contribution >= 0.6 is 0 Å². The molecule has 0 aliphatic heterocycles.